The maximum absolute atomic E-state index is 4.83. The molecule has 134 valence electrons. The van der Waals surface area contributed by atoms with Crippen LogP contribution in [0.25, 0.3) is 16.9 Å². The molecule has 0 fully saturated rings. The van der Waals surface area contributed by atoms with E-state index in [1.807, 2.05) is 22.7 Å². The van der Waals surface area contributed by atoms with Gasteiger partial charge in [-0.15, -0.1) is 10.2 Å². The highest BCUT2D eigenvalue weighted by molar-refractivity contribution is 5.74. The van der Waals surface area contributed by atoms with Gasteiger partial charge in [-0.2, -0.15) is 0 Å². The molecule has 4 aromatic rings. The van der Waals surface area contributed by atoms with Crippen LogP contribution in [-0.2, 0) is 0 Å². The Labute approximate surface area is 159 Å². The Morgan fingerprint density at radius 2 is 1.59 bits per heavy atom. The summed E-state index contributed by atoms with van der Waals surface area (Å²) in [6.07, 6.45) is 2.01. The normalized spacial score (nSPS) is 11.6. The van der Waals surface area contributed by atoms with Gasteiger partial charge in [0.25, 0.3) is 0 Å². The van der Waals surface area contributed by atoms with Gasteiger partial charge in [-0.3, -0.25) is 4.40 Å². The van der Waals surface area contributed by atoms with Crippen molar-refractivity contribution >= 4 is 17.2 Å². The minimum Gasteiger partial charge on any atom is -0.283 e. The number of aromatic nitrogens is 2. The molecule has 0 bridgehead atoms. The Balaban J connectivity index is 1.89. The second-order valence-electron chi connectivity index (χ2n) is 7.00. The monoisotopic (exact) mass is 354 g/mol. The molecule has 0 aliphatic rings. The van der Waals surface area contributed by atoms with Crippen LogP contribution in [0.5, 0.6) is 0 Å². The number of azo groups is 1. The molecule has 0 spiro atoms. The van der Waals surface area contributed by atoms with Gasteiger partial charge in [-0.25, -0.2) is 4.98 Å². The molecule has 27 heavy (non-hydrogen) atoms. The van der Waals surface area contributed by atoms with Gasteiger partial charge >= 0.3 is 0 Å². The summed E-state index contributed by atoms with van der Waals surface area (Å²) in [5.41, 5.74) is 8.37. The summed E-state index contributed by atoms with van der Waals surface area (Å²) in [6.45, 7) is 8.31. The van der Waals surface area contributed by atoms with Crippen molar-refractivity contribution in [2.45, 2.75) is 27.7 Å². The average molecular weight is 354 g/mol. The first kappa shape index (κ1) is 17.2. The van der Waals surface area contributed by atoms with Gasteiger partial charge in [0, 0.05) is 11.8 Å². The van der Waals surface area contributed by atoms with Crippen LogP contribution in [0.3, 0.4) is 0 Å². The molecular weight excluding hydrogens is 332 g/mol. The van der Waals surface area contributed by atoms with Crippen LogP contribution in [-0.4, -0.2) is 9.38 Å². The van der Waals surface area contributed by atoms with Gasteiger partial charge in [-0.05, 0) is 62.6 Å². The van der Waals surface area contributed by atoms with Crippen molar-refractivity contribution in [2.75, 3.05) is 0 Å². The second kappa shape index (κ2) is 6.80. The van der Waals surface area contributed by atoms with E-state index in [0.717, 1.165) is 34.0 Å². The molecule has 4 nitrogen and oxygen atoms in total. The molecule has 0 saturated heterocycles. The summed E-state index contributed by atoms with van der Waals surface area (Å²) in [4.78, 5) is 4.83. The van der Waals surface area contributed by atoms with E-state index in [1.54, 1.807) is 0 Å². The van der Waals surface area contributed by atoms with Gasteiger partial charge in [0.05, 0.1) is 5.69 Å². The van der Waals surface area contributed by atoms with Crippen LogP contribution in [0.2, 0.25) is 0 Å². The van der Waals surface area contributed by atoms with Gasteiger partial charge in [-0.1, -0.05) is 42.0 Å². The Morgan fingerprint density at radius 3 is 2.37 bits per heavy atom. The maximum atomic E-state index is 4.83. The van der Waals surface area contributed by atoms with Crippen LogP contribution in [0.4, 0.5) is 11.5 Å². The number of nitrogens with zero attached hydrogens (tertiary/aromatic N) is 4. The lowest BCUT2D eigenvalue weighted by Gasteiger charge is -2.03. The molecular formula is C23H22N4. The molecule has 0 aliphatic heterocycles. The van der Waals surface area contributed by atoms with E-state index in [4.69, 9.17) is 4.98 Å². The Hall–Kier alpha value is -3.27. The lowest BCUT2D eigenvalue weighted by atomic mass is 10.1. The van der Waals surface area contributed by atoms with Crippen LogP contribution < -0.4 is 0 Å². The molecule has 0 saturated carbocycles. The topological polar surface area (TPSA) is 42.0 Å². The zero-order valence-corrected chi connectivity index (χ0v) is 16.1. The molecule has 2 heterocycles. The van der Waals surface area contributed by atoms with E-state index in [9.17, 15) is 0 Å². The summed E-state index contributed by atoms with van der Waals surface area (Å²) in [5, 5.41) is 9.17. The fraction of sp³-hybridized carbons (Fsp3) is 0.174. The fourth-order valence-electron chi connectivity index (χ4n) is 3.08. The molecule has 0 atom stereocenters. The molecule has 4 rings (SSSR count). The lowest BCUT2D eigenvalue weighted by molar-refractivity contribution is 1.09. The zero-order chi connectivity index (χ0) is 19.0. The van der Waals surface area contributed by atoms with E-state index in [0.29, 0.717) is 0 Å². The molecule has 0 aliphatic carbocycles. The molecule has 2 aromatic heterocycles. The second-order valence-corrected chi connectivity index (χ2v) is 7.00. The van der Waals surface area contributed by atoms with Gasteiger partial charge in [0.2, 0.25) is 0 Å². The highest BCUT2D eigenvalue weighted by atomic mass is 15.2. The van der Waals surface area contributed by atoms with Crippen molar-refractivity contribution < 1.29 is 0 Å². The fourth-order valence-corrected chi connectivity index (χ4v) is 3.08. The van der Waals surface area contributed by atoms with Crippen LogP contribution >= 0.6 is 0 Å². The van der Waals surface area contributed by atoms with Crippen LogP contribution in [0.1, 0.15) is 22.3 Å². The summed E-state index contributed by atoms with van der Waals surface area (Å²) < 4.78 is 2.00. The number of rotatable bonds is 3. The largest absolute Gasteiger partial charge is 0.283 e. The number of hydrogen-bond donors (Lipinski definition) is 0. The molecule has 0 radical (unpaired) electrons. The number of imidazole rings is 1. The molecule has 4 heteroatoms. The SMILES string of the molecule is Cc1ccc(-c2nc3cc(C)ccn3c2N=Nc2cccc(C)c2C)cc1. The third-order valence-electron chi connectivity index (χ3n) is 4.91. The van der Waals surface area contributed by atoms with Gasteiger partial charge in [0.1, 0.15) is 11.3 Å². The molecule has 2 aromatic carbocycles. The summed E-state index contributed by atoms with van der Waals surface area (Å²) in [6, 6.07) is 18.6. The average Bonchev–Trinajstić information content (AvgIpc) is 3.01. The smallest absolute Gasteiger partial charge is 0.187 e. The number of benzene rings is 2. The minimum absolute atomic E-state index is 0.745. The van der Waals surface area contributed by atoms with E-state index in [1.165, 1.54) is 16.7 Å². The predicted molar refractivity (Wildman–Crippen MR) is 110 cm³/mol. The van der Waals surface area contributed by atoms with Crippen LogP contribution in [0.15, 0.2) is 71.0 Å². The maximum Gasteiger partial charge on any atom is 0.187 e. The van der Waals surface area contributed by atoms with Crippen LogP contribution in [0, 0.1) is 27.7 Å². The third-order valence-corrected chi connectivity index (χ3v) is 4.91. The minimum atomic E-state index is 0.745. The first-order valence-electron chi connectivity index (χ1n) is 9.06. The first-order chi connectivity index (χ1) is 13.0. The van der Waals surface area contributed by atoms with Gasteiger partial charge < -0.3 is 0 Å². The van der Waals surface area contributed by atoms with E-state index >= 15 is 0 Å². The Morgan fingerprint density at radius 1 is 0.815 bits per heavy atom. The number of fused-ring (bicyclic) bond motifs is 1. The van der Waals surface area contributed by atoms with E-state index < -0.39 is 0 Å². The highest BCUT2D eigenvalue weighted by Crippen LogP contribution is 2.33. The predicted octanol–water partition coefficient (Wildman–Crippen LogP) is 6.65. The molecule has 0 amide bonds. The Kier molecular flexibility index (Phi) is 4.32. The van der Waals surface area contributed by atoms with Gasteiger partial charge in [0.15, 0.2) is 5.82 Å². The Bertz CT molecular complexity index is 1150. The quantitative estimate of drug-likeness (QED) is 0.380. The van der Waals surface area contributed by atoms with Crippen molar-refractivity contribution in [3.63, 3.8) is 0 Å². The number of pyridine rings is 1. The van der Waals surface area contributed by atoms with Crippen molar-refractivity contribution in [2.24, 2.45) is 10.2 Å². The summed E-state index contributed by atoms with van der Waals surface area (Å²) >= 11 is 0. The first-order valence-corrected chi connectivity index (χ1v) is 9.06. The van der Waals surface area contributed by atoms with Crippen molar-refractivity contribution in [3.8, 4) is 11.3 Å². The molecule has 0 unspecified atom stereocenters. The molecule has 0 N–H and O–H groups in total. The van der Waals surface area contributed by atoms with Crippen molar-refractivity contribution in [1.82, 2.24) is 9.38 Å². The van der Waals surface area contributed by atoms with Crippen molar-refractivity contribution in [1.29, 1.82) is 0 Å². The highest BCUT2D eigenvalue weighted by Gasteiger charge is 2.14. The van der Waals surface area contributed by atoms with E-state index in [2.05, 4.69) is 80.4 Å². The number of aryl methyl sites for hydroxylation is 3. The summed E-state index contributed by atoms with van der Waals surface area (Å²) in [5.74, 6) is 0.745. The van der Waals surface area contributed by atoms with E-state index in [-0.39, 0.29) is 0 Å². The standard InChI is InChI=1S/C23H22N4/c1-15-8-10-19(11-9-15)22-23(27-13-12-16(2)14-21(27)24-22)26-25-20-7-5-6-17(3)18(20)4/h5-14H,1-4H3. The lowest BCUT2D eigenvalue weighted by Crippen LogP contribution is -1.84. The zero-order valence-electron chi connectivity index (χ0n) is 16.1. The number of hydrogen-bond acceptors (Lipinski definition) is 3. The van der Waals surface area contributed by atoms with Crippen molar-refractivity contribution in [3.05, 3.63) is 83.0 Å². The summed E-state index contributed by atoms with van der Waals surface area (Å²) in [7, 11) is 0. The third kappa shape index (κ3) is 3.26.